The van der Waals surface area contributed by atoms with Crippen molar-refractivity contribution in [2.24, 2.45) is 0 Å². The summed E-state index contributed by atoms with van der Waals surface area (Å²) >= 11 is 10.7. The fourth-order valence-corrected chi connectivity index (χ4v) is 4.93. The molecule has 0 spiro atoms. The van der Waals surface area contributed by atoms with Crippen LogP contribution >= 0.6 is 38.9 Å². The highest BCUT2D eigenvalue weighted by Gasteiger charge is 2.28. The van der Waals surface area contributed by atoms with Gasteiger partial charge in [-0.1, -0.05) is 45.7 Å². The van der Waals surface area contributed by atoms with Crippen LogP contribution in [0.2, 0.25) is 5.02 Å². The van der Waals surface area contributed by atoms with E-state index in [1.807, 2.05) is 29.6 Å². The molecular weight excluding hydrogens is 496 g/mol. The summed E-state index contributed by atoms with van der Waals surface area (Å²) in [5.74, 6) is 0.362. The molecule has 2 aromatic carbocycles. The van der Waals surface area contributed by atoms with Crippen molar-refractivity contribution in [1.29, 1.82) is 0 Å². The number of hydrogen-bond acceptors (Lipinski definition) is 6. The molecule has 2 aromatic heterocycles. The van der Waals surface area contributed by atoms with Gasteiger partial charge in [0.15, 0.2) is 0 Å². The Morgan fingerprint density at radius 1 is 1.07 bits per heavy atom. The molecule has 0 fully saturated rings. The molecule has 0 aliphatic heterocycles. The Morgan fingerprint density at radius 3 is 2.45 bits per heavy atom. The largest absolute Gasteiger partial charge is 0.418 e. The van der Waals surface area contributed by atoms with Gasteiger partial charge in [-0.25, -0.2) is 8.42 Å². The van der Waals surface area contributed by atoms with Gasteiger partial charge < -0.3 is 9.73 Å². The van der Waals surface area contributed by atoms with E-state index in [-0.39, 0.29) is 21.7 Å². The van der Waals surface area contributed by atoms with E-state index in [1.54, 1.807) is 24.3 Å². The smallest absolute Gasteiger partial charge is 0.240 e. The lowest BCUT2D eigenvalue weighted by molar-refractivity contribution is 0.577. The SMILES string of the molecule is O=S(=O)(c1ccc(Br)cc1)c1nc(-c2cccs2)oc1NCc1ccc(Cl)cc1. The van der Waals surface area contributed by atoms with Crippen LogP contribution in [0.5, 0.6) is 0 Å². The number of aromatic nitrogens is 1. The number of hydrogen-bond donors (Lipinski definition) is 1. The molecule has 0 atom stereocenters. The monoisotopic (exact) mass is 508 g/mol. The molecule has 148 valence electrons. The number of rotatable bonds is 6. The molecule has 0 saturated heterocycles. The number of thiophene rings is 1. The van der Waals surface area contributed by atoms with E-state index < -0.39 is 9.84 Å². The van der Waals surface area contributed by atoms with Crippen molar-refractivity contribution in [3.05, 3.63) is 81.1 Å². The van der Waals surface area contributed by atoms with Gasteiger partial charge in [0, 0.05) is 16.0 Å². The molecule has 9 heteroatoms. The topological polar surface area (TPSA) is 72.2 Å². The molecule has 0 amide bonds. The van der Waals surface area contributed by atoms with Gasteiger partial charge in [-0.3, -0.25) is 0 Å². The number of nitrogens with zero attached hydrogens (tertiary/aromatic N) is 1. The summed E-state index contributed by atoms with van der Waals surface area (Å²) in [6.07, 6.45) is 0. The van der Waals surface area contributed by atoms with E-state index in [2.05, 4.69) is 26.2 Å². The molecule has 0 aliphatic carbocycles. The van der Waals surface area contributed by atoms with Crippen LogP contribution in [0.15, 0.2) is 84.9 Å². The molecule has 0 unspecified atom stereocenters. The van der Waals surface area contributed by atoms with E-state index in [4.69, 9.17) is 16.0 Å². The van der Waals surface area contributed by atoms with Crippen LogP contribution in [0.1, 0.15) is 5.56 Å². The Labute approximate surface area is 185 Å². The third kappa shape index (κ3) is 4.40. The van der Waals surface area contributed by atoms with Gasteiger partial charge in [0.25, 0.3) is 0 Å². The maximum atomic E-state index is 13.2. The third-order valence-corrected chi connectivity index (χ3v) is 7.39. The summed E-state index contributed by atoms with van der Waals surface area (Å²) in [5, 5.41) is 5.43. The predicted molar refractivity (Wildman–Crippen MR) is 118 cm³/mol. The maximum Gasteiger partial charge on any atom is 0.240 e. The number of nitrogens with one attached hydrogen (secondary N) is 1. The highest BCUT2D eigenvalue weighted by molar-refractivity contribution is 9.10. The standard InChI is InChI=1S/C20H14BrClN2O3S2/c21-14-5-9-16(10-6-14)29(25,26)20-19(23-12-13-3-7-15(22)8-4-13)27-18(24-20)17-2-1-11-28-17/h1-11,23H,12H2. The van der Waals surface area contributed by atoms with Gasteiger partial charge in [-0.2, -0.15) is 4.98 Å². The Balaban J connectivity index is 1.73. The molecule has 4 aromatic rings. The summed E-state index contributed by atoms with van der Waals surface area (Å²) in [7, 11) is -3.87. The van der Waals surface area contributed by atoms with Gasteiger partial charge >= 0.3 is 0 Å². The van der Waals surface area contributed by atoms with E-state index in [0.717, 1.165) is 14.9 Å². The van der Waals surface area contributed by atoms with Crippen LogP contribution in [0.4, 0.5) is 5.88 Å². The van der Waals surface area contributed by atoms with Crippen molar-refractivity contribution in [3.8, 4) is 10.8 Å². The van der Waals surface area contributed by atoms with Crippen LogP contribution in [0.3, 0.4) is 0 Å². The van der Waals surface area contributed by atoms with Gasteiger partial charge in [0.1, 0.15) is 0 Å². The van der Waals surface area contributed by atoms with E-state index in [0.29, 0.717) is 11.6 Å². The minimum atomic E-state index is -3.87. The Hall–Kier alpha value is -2.13. The molecule has 4 rings (SSSR count). The molecule has 2 heterocycles. The molecule has 0 bridgehead atoms. The van der Waals surface area contributed by atoms with Crippen LogP contribution in [0.25, 0.3) is 10.8 Å². The summed E-state index contributed by atoms with van der Waals surface area (Å²) in [6, 6.07) is 17.4. The quantitative estimate of drug-likeness (QED) is 0.332. The minimum absolute atomic E-state index is 0.103. The fraction of sp³-hybridized carbons (Fsp3) is 0.0500. The zero-order valence-corrected chi connectivity index (χ0v) is 18.8. The van der Waals surface area contributed by atoms with Crippen LogP contribution in [-0.4, -0.2) is 13.4 Å². The number of sulfone groups is 1. The first kappa shape index (κ1) is 20.2. The highest BCUT2D eigenvalue weighted by atomic mass is 79.9. The van der Waals surface area contributed by atoms with E-state index in [1.165, 1.54) is 23.5 Å². The second-order valence-electron chi connectivity index (χ2n) is 6.07. The molecule has 0 saturated carbocycles. The molecule has 0 aliphatic rings. The Kier molecular flexibility index (Phi) is 5.78. The number of oxazole rings is 1. The fourth-order valence-electron chi connectivity index (χ4n) is 2.62. The Morgan fingerprint density at radius 2 is 1.79 bits per heavy atom. The van der Waals surface area contributed by atoms with Crippen LogP contribution < -0.4 is 5.32 Å². The molecular formula is C20H14BrClN2O3S2. The summed E-state index contributed by atoms with van der Waals surface area (Å²) in [6.45, 7) is 0.360. The van der Waals surface area contributed by atoms with Crippen LogP contribution in [0, 0.1) is 0 Å². The van der Waals surface area contributed by atoms with Crippen molar-refractivity contribution >= 4 is 54.6 Å². The van der Waals surface area contributed by atoms with E-state index in [9.17, 15) is 8.42 Å². The summed E-state index contributed by atoms with van der Waals surface area (Å²) in [4.78, 5) is 5.20. The lowest BCUT2D eigenvalue weighted by atomic mass is 10.2. The average Bonchev–Trinajstić information content (AvgIpc) is 3.38. The average molecular weight is 510 g/mol. The predicted octanol–water partition coefficient (Wildman–Crippen LogP) is 6.26. The van der Waals surface area contributed by atoms with Gasteiger partial charge in [0.2, 0.25) is 26.6 Å². The normalized spacial score (nSPS) is 11.5. The minimum Gasteiger partial charge on any atom is -0.418 e. The highest BCUT2D eigenvalue weighted by Crippen LogP contribution is 2.34. The first-order valence-electron chi connectivity index (χ1n) is 8.47. The maximum absolute atomic E-state index is 13.2. The molecule has 0 radical (unpaired) electrons. The number of benzene rings is 2. The third-order valence-electron chi connectivity index (χ3n) is 4.07. The van der Waals surface area contributed by atoms with Gasteiger partial charge in [0.05, 0.1) is 9.77 Å². The lowest BCUT2D eigenvalue weighted by Gasteiger charge is -2.06. The number of anilines is 1. The van der Waals surface area contributed by atoms with Crippen molar-refractivity contribution in [2.45, 2.75) is 16.5 Å². The zero-order chi connectivity index (χ0) is 20.4. The van der Waals surface area contributed by atoms with Crippen LogP contribution in [-0.2, 0) is 16.4 Å². The first-order valence-corrected chi connectivity index (χ1v) is 12.0. The second-order valence-corrected chi connectivity index (χ2v) is 10.2. The van der Waals surface area contributed by atoms with Crippen molar-refractivity contribution < 1.29 is 12.8 Å². The van der Waals surface area contributed by atoms with Crippen molar-refractivity contribution in [2.75, 3.05) is 5.32 Å². The molecule has 5 nitrogen and oxygen atoms in total. The lowest BCUT2D eigenvalue weighted by Crippen LogP contribution is -2.07. The Bertz CT molecular complexity index is 1220. The number of halogens is 2. The summed E-state index contributed by atoms with van der Waals surface area (Å²) < 4.78 is 33.0. The zero-order valence-electron chi connectivity index (χ0n) is 14.8. The van der Waals surface area contributed by atoms with Gasteiger partial charge in [-0.15, -0.1) is 11.3 Å². The van der Waals surface area contributed by atoms with E-state index >= 15 is 0 Å². The van der Waals surface area contributed by atoms with Crippen molar-refractivity contribution in [1.82, 2.24) is 4.98 Å². The summed E-state index contributed by atoms with van der Waals surface area (Å²) in [5.41, 5.74) is 0.926. The first-order chi connectivity index (χ1) is 13.9. The second kappa shape index (κ2) is 8.31. The van der Waals surface area contributed by atoms with Crippen molar-refractivity contribution in [3.63, 3.8) is 0 Å². The molecule has 1 N–H and O–H groups in total. The molecule has 29 heavy (non-hydrogen) atoms. The van der Waals surface area contributed by atoms with Gasteiger partial charge in [-0.05, 0) is 53.4 Å².